The van der Waals surface area contributed by atoms with Crippen LogP contribution in [-0.4, -0.2) is 34.8 Å². The molecule has 1 N–H and O–H groups in total. The molecule has 2 heterocycles. The minimum Gasteiger partial charge on any atom is -0.462 e. The summed E-state index contributed by atoms with van der Waals surface area (Å²) < 4.78 is 5.26. The Balaban J connectivity index is 1.64. The van der Waals surface area contributed by atoms with Crippen LogP contribution in [0.2, 0.25) is 0 Å². The first-order valence-electron chi connectivity index (χ1n) is 10.7. The van der Waals surface area contributed by atoms with Gasteiger partial charge in [0.1, 0.15) is 10.3 Å². The lowest BCUT2D eigenvalue weighted by molar-refractivity contribution is -0.121. The zero-order chi connectivity index (χ0) is 23.4. The molecule has 1 aromatic heterocycles. The van der Waals surface area contributed by atoms with Gasteiger partial charge in [-0.05, 0) is 50.3 Å². The Morgan fingerprint density at radius 1 is 1.30 bits per heavy atom. The van der Waals surface area contributed by atoms with Crippen LogP contribution in [0.15, 0.2) is 35.3 Å². The van der Waals surface area contributed by atoms with Crippen molar-refractivity contribution < 1.29 is 19.1 Å². The number of carbonyl (C=O) groups excluding carboxylic acids is 3. The number of fused-ring (bicyclic) bond motifs is 1. The number of carbonyl (C=O) groups is 3. The quantitative estimate of drug-likeness (QED) is 0.172. The van der Waals surface area contributed by atoms with Gasteiger partial charge in [-0.1, -0.05) is 30.0 Å². The largest absolute Gasteiger partial charge is 0.462 e. The number of nitrogens with one attached hydrogen (secondary N) is 1. The summed E-state index contributed by atoms with van der Waals surface area (Å²) in [7, 11) is 0. The van der Waals surface area contributed by atoms with Gasteiger partial charge in [0.05, 0.1) is 17.9 Å². The molecule has 4 rings (SSSR count). The molecule has 1 saturated heterocycles. The topological polar surface area (TPSA) is 112 Å². The molecule has 1 aliphatic carbocycles. The lowest BCUT2D eigenvalue weighted by Crippen LogP contribution is -2.32. The molecule has 1 fully saturated rings. The van der Waals surface area contributed by atoms with Crippen LogP contribution in [0.5, 0.6) is 0 Å². The van der Waals surface area contributed by atoms with Crippen LogP contribution in [0.25, 0.3) is 0 Å². The highest BCUT2D eigenvalue weighted by Gasteiger charge is 2.44. The lowest BCUT2D eigenvalue weighted by atomic mass is 9.95. The summed E-state index contributed by atoms with van der Waals surface area (Å²) in [6.07, 6.45) is 5.30. The minimum atomic E-state index is -0.755. The van der Waals surface area contributed by atoms with E-state index in [0.717, 1.165) is 52.8 Å². The highest BCUT2D eigenvalue weighted by atomic mass is 32.2. The smallest absolute Gasteiger partial charge is 0.341 e. The van der Waals surface area contributed by atoms with E-state index in [1.807, 2.05) is 24.4 Å². The van der Waals surface area contributed by atoms with Crippen molar-refractivity contribution in [3.8, 4) is 6.19 Å². The first-order valence-corrected chi connectivity index (χ1v) is 12.4. The van der Waals surface area contributed by atoms with Crippen LogP contribution >= 0.6 is 23.1 Å². The second kappa shape index (κ2) is 10.2. The number of rotatable bonds is 5. The highest BCUT2D eigenvalue weighted by Crippen LogP contribution is 2.43. The van der Waals surface area contributed by atoms with E-state index in [1.165, 1.54) is 11.3 Å². The van der Waals surface area contributed by atoms with E-state index in [4.69, 9.17) is 10.00 Å². The summed E-state index contributed by atoms with van der Waals surface area (Å²) >= 11 is 2.36. The average Bonchev–Trinajstić information content (AvgIpc) is 3.31. The van der Waals surface area contributed by atoms with Crippen LogP contribution in [0.1, 0.15) is 47.0 Å². The first-order chi connectivity index (χ1) is 16.0. The Kier molecular flexibility index (Phi) is 7.11. The molecule has 170 valence electrons. The number of para-hydroxylation sites is 1. The number of hydrogen-bond donors (Lipinski definition) is 1. The fourth-order valence-corrected chi connectivity index (χ4v) is 6.28. The number of nitriles is 1. The van der Waals surface area contributed by atoms with Crippen molar-refractivity contribution in [2.24, 2.45) is 4.99 Å². The van der Waals surface area contributed by atoms with Crippen LogP contribution in [-0.2, 0) is 27.2 Å². The van der Waals surface area contributed by atoms with Crippen molar-refractivity contribution in [3.63, 3.8) is 0 Å². The molecule has 33 heavy (non-hydrogen) atoms. The molecule has 2 aromatic rings. The molecule has 1 aliphatic heterocycles. The van der Waals surface area contributed by atoms with E-state index in [1.54, 1.807) is 19.1 Å². The van der Waals surface area contributed by atoms with Gasteiger partial charge in [0.15, 0.2) is 11.4 Å². The number of imide groups is 1. The van der Waals surface area contributed by atoms with Gasteiger partial charge >= 0.3 is 5.97 Å². The van der Waals surface area contributed by atoms with Crippen LogP contribution in [0.3, 0.4) is 0 Å². The molecular formula is C23H22N4O4S2. The number of hydrogen-bond acceptors (Lipinski definition) is 8. The predicted octanol–water partition coefficient (Wildman–Crippen LogP) is 3.93. The first kappa shape index (κ1) is 23.0. The summed E-state index contributed by atoms with van der Waals surface area (Å²) in [4.78, 5) is 45.6. The van der Waals surface area contributed by atoms with Gasteiger partial charge in [-0.15, -0.1) is 11.3 Å². The third kappa shape index (κ3) is 4.79. The second-order valence-electron chi connectivity index (χ2n) is 7.48. The Bertz CT molecular complexity index is 1150. The minimum absolute atomic E-state index is 0.0464. The summed E-state index contributed by atoms with van der Waals surface area (Å²) in [5.74, 6) is -1.30. The second-order valence-corrected chi connectivity index (χ2v) is 9.75. The van der Waals surface area contributed by atoms with Crippen LogP contribution < -0.4 is 10.2 Å². The van der Waals surface area contributed by atoms with E-state index in [2.05, 4.69) is 10.3 Å². The molecule has 10 heteroatoms. The monoisotopic (exact) mass is 482 g/mol. The van der Waals surface area contributed by atoms with Gasteiger partial charge in [0, 0.05) is 11.3 Å². The Hall–Kier alpha value is -3.16. The summed E-state index contributed by atoms with van der Waals surface area (Å²) in [6.45, 7) is 1.94. The molecule has 1 atom stereocenters. The SMILES string of the molecule is CCOC(=O)c1c(N2C(=O)CC(SC(=Nc3ccccc3)NC#N)C2=O)sc2c1CCCC2. The van der Waals surface area contributed by atoms with Crippen LogP contribution in [0, 0.1) is 11.5 Å². The number of esters is 1. The number of amidine groups is 1. The van der Waals surface area contributed by atoms with E-state index in [0.29, 0.717) is 16.3 Å². The molecular weight excluding hydrogens is 460 g/mol. The number of thioether (sulfide) groups is 1. The normalized spacial score (nSPS) is 18.1. The molecule has 0 bridgehead atoms. The van der Waals surface area contributed by atoms with Gasteiger partial charge in [0.2, 0.25) is 11.8 Å². The van der Waals surface area contributed by atoms with E-state index >= 15 is 0 Å². The number of thiophene rings is 1. The fraction of sp³-hybridized carbons (Fsp3) is 0.348. The number of anilines is 1. The zero-order valence-electron chi connectivity index (χ0n) is 18.0. The molecule has 0 radical (unpaired) electrons. The van der Waals surface area contributed by atoms with Crippen LogP contribution in [0.4, 0.5) is 10.7 Å². The molecule has 0 spiro atoms. The van der Waals surface area contributed by atoms with E-state index in [-0.39, 0.29) is 24.1 Å². The number of aryl methyl sites for hydroxylation is 1. The molecule has 0 saturated carbocycles. The maximum absolute atomic E-state index is 13.3. The van der Waals surface area contributed by atoms with Gasteiger partial charge in [-0.2, -0.15) is 5.26 Å². The summed E-state index contributed by atoms with van der Waals surface area (Å²) in [5.41, 5.74) is 1.86. The number of amides is 2. The zero-order valence-corrected chi connectivity index (χ0v) is 19.6. The maximum Gasteiger partial charge on any atom is 0.341 e. The van der Waals surface area contributed by atoms with Crippen molar-refractivity contribution in [1.82, 2.24) is 5.32 Å². The van der Waals surface area contributed by atoms with E-state index in [9.17, 15) is 14.4 Å². The van der Waals surface area contributed by atoms with Crippen molar-refractivity contribution in [2.75, 3.05) is 11.5 Å². The lowest BCUT2D eigenvalue weighted by Gasteiger charge is -2.16. The van der Waals surface area contributed by atoms with Crippen molar-refractivity contribution in [2.45, 2.75) is 44.3 Å². The summed E-state index contributed by atoms with van der Waals surface area (Å²) in [5, 5.41) is 11.4. The molecule has 8 nitrogen and oxygen atoms in total. The molecule has 1 aromatic carbocycles. The fourth-order valence-electron chi connectivity index (χ4n) is 3.92. The van der Waals surface area contributed by atoms with Gasteiger partial charge in [-0.3, -0.25) is 14.9 Å². The third-order valence-electron chi connectivity index (χ3n) is 5.34. The standard InChI is InChI=1S/C23H22N4O4S2/c1-2-31-22(30)19-15-10-6-7-11-16(15)32-21(19)27-18(28)12-17(20(27)29)33-23(25-13-24)26-14-8-4-3-5-9-14/h3-5,8-9,17H,2,6-7,10-12H2,1H3,(H,25,26). The number of benzene rings is 1. The van der Waals surface area contributed by atoms with Crippen molar-refractivity contribution >= 4 is 56.7 Å². The molecule has 2 amide bonds. The van der Waals surface area contributed by atoms with Gasteiger partial charge < -0.3 is 4.74 Å². The Labute approximate surface area is 199 Å². The van der Waals surface area contributed by atoms with Gasteiger partial charge in [0.25, 0.3) is 0 Å². The Morgan fingerprint density at radius 2 is 2.06 bits per heavy atom. The maximum atomic E-state index is 13.3. The third-order valence-corrected chi connectivity index (χ3v) is 7.69. The number of ether oxygens (including phenoxy) is 1. The number of nitrogens with zero attached hydrogens (tertiary/aromatic N) is 3. The highest BCUT2D eigenvalue weighted by molar-refractivity contribution is 8.15. The molecule has 1 unspecified atom stereocenters. The van der Waals surface area contributed by atoms with E-state index < -0.39 is 17.1 Å². The average molecular weight is 483 g/mol. The molecule has 2 aliphatic rings. The summed E-state index contributed by atoms with van der Waals surface area (Å²) in [6, 6.07) is 9.02. The predicted molar refractivity (Wildman–Crippen MR) is 128 cm³/mol. The van der Waals surface area contributed by atoms with Crippen molar-refractivity contribution in [1.29, 1.82) is 5.26 Å². The number of aliphatic imine (C=N–C) groups is 1. The van der Waals surface area contributed by atoms with Crippen molar-refractivity contribution in [3.05, 3.63) is 46.3 Å². The van der Waals surface area contributed by atoms with Gasteiger partial charge in [-0.25, -0.2) is 14.7 Å². The Morgan fingerprint density at radius 3 is 2.79 bits per heavy atom.